The maximum absolute atomic E-state index is 11.6. The molecule has 0 unspecified atom stereocenters. The fourth-order valence-corrected chi connectivity index (χ4v) is 3.41. The Morgan fingerprint density at radius 3 is 2.45 bits per heavy atom. The number of rotatable bonds is 8. The number of amides is 1. The number of nitrogens with zero attached hydrogens (tertiary/aromatic N) is 3. The Bertz CT molecular complexity index is 698. The highest BCUT2D eigenvalue weighted by Gasteiger charge is 2.21. The SMILES string of the molecule is CN=C(NCCCNC(=O)OC(C)(C)C)NCC1CCN(Cc2nc(C)c(C)o2)CC1. The van der Waals surface area contributed by atoms with Crippen LogP contribution in [0.3, 0.4) is 0 Å². The van der Waals surface area contributed by atoms with Gasteiger partial charge in [-0.25, -0.2) is 9.78 Å². The average molecular weight is 437 g/mol. The zero-order valence-electron chi connectivity index (χ0n) is 20.0. The molecule has 1 aliphatic rings. The summed E-state index contributed by atoms with van der Waals surface area (Å²) >= 11 is 0. The average Bonchev–Trinajstić information content (AvgIpc) is 3.00. The summed E-state index contributed by atoms with van der Waals surface area (Å²) in [5.41, 5.74) is 0.506. The summed E-state index contributed by atoms with van der Waals surface area (Å²) in [5.74, 6) is 3.15. The van der Waals surface area contributed by atoms with Crippen LogP contribution in [0.15, 0.2) is 9.41 Å². The highest BCUT2D eigenvalue weighted by molar-refractivity contribution is 5.79. The summed E-state index contributed by atoms with van der Waals surface area (Å²) in [6.07, 6.45) is 2.69. The monoisotopic (exact) mass is 436 g/mol. The largest absolute Gasteiger partial charge is 0.444 e. The van der Waals surface area contributed by atoms with Crippen molar-refractivity contribution in [2.24, 2.45) is 10.9 Å². The van der Waals surface area contributed by atoms with Gasteiger partial charge in [0, 0.05) is 26.7 Å². The molecule has 1 amide bonds. The van der Waals surface area contributed by atoms with Crippen molar-refractivity contribution >= 4 is 12.1 Å². The fourth-order valence-electron chi connectivity index (χ4n) is 3.41. The molecule has 2 heterocycles. The molecular weight excluding hydrogens is 396 g/mol. The van der Waals surface area contributed by atoms with Crippen molar-refractivity contribution in [1.29, 1.82) is 0 Å². The van der Waals surface area contributed by atoms with Gasteiger partial charge in [-0.15, -0.1) is 0 Å². The number of piperidine rings is 1. The van der Waals surface area contributed by atoms with Crippen molar-refractivity contribution in [3.63, 3.8) is 0 Å². The molecule has 0 aromatic carbocycles. The number of aromatic nitrogens is 1. The van der Waals surface area contributed by atoms with Gasteiger partial charge in [-0.05, 0) is 72.9 Å². The number of ether oxygens (including phenoxy) is 1. The number of oxazole rings is 1. The first-order chi connectivity index (χ1) is 14.7. The third-order valence-electron chi connectivity index (χ3n) is 5.23. The molecule has 9 nitrogen and oxygen atoms in total. The molecule has 3 N–H and O–H groups in total. The van der Waals surface area contributed by atoms with Gasteiger partial charge >= 0.3 is 6.09 Å². The van der Waals surface area contributed by atoms with Gasteiger partial charge in [0.1, 0.15) is 11.4 Å². The number of aryl methyl sites for hydroxylation is 2. The molecule has 1 aromatic rings. The molecule has 9 heteroatoms. The zero-order valence-corrected chi connectivity index (χ0v) is 20.0. The number of hydrogen-bond acceptors (Lipinski definition) is 6. The van der Waals surface area contributed by atoms with Crippen LogP contribution in [0.1, 0.15) is 57.4 Å². The summed E-state index contributed by atoms with van der Waals surface area (Å²) in [6, 6.07) is 0. The van der Waals surface area contributed by atoms with Crippen LogP contribution >= 0.6 is 0 Å². The fraction of sp³-hybridized carbons (Fsp3) is 0.773. The molecule has 1 aliphatic heterocycles. The highest BCUT2D eigenvalue weighted by Crippen LogP contribution is 2.19. The summed E-state index contributed by atoms with van der Waals surface area (Å²) in [5, 5.41) is 9.48. The van der Waals surface area contributed by atoms with E-state index >= 15 is 0 Å². The number of carbonyl (C=O) groups excluding carboxylic acids is 1. The molecule has 1 fully saturated rings. The van der Waals surface area contributed by atoms with Gasteiger partial charge in [0.15, 0.2) is 5.96 Å². The number of nitrogens with one attached hydrogen (secondary N) is 3. The van der Waals surface area contributed by atoms with E-state index < -0.39 is 5.60 Å². The number of aliphatic imine (C=N–C) groups is 1. The predicted molar refractivity (Wildman–Crippen MR) is 122 cm³/mol. The smallest absolute Gasteiger partial charge is 0.407 e. The topological polar surface area (TPSA) is 104 Å². The summed E-state index contributed by atoms with van der Waals surface area (Å²) in [7, 11) is 1.78. The third-order valence-corrected chi connectivity index (χ3v) is 5.23. The third kappa shape index (κ3) is 9.59. The zero-order chi connectivity index (χ0) is 22.9. The van der Waals surface area contributed by atoms with Crippen molar-refractivity contribution in [3.05, 3.63) is 17.3 Å². The molecule has 31 heavy (non-hydrogen) atoms. The lowest BCUT2D eigenvalue weighted by molar-refractivity contribution is 0.0527. The number of alkyl carbamates (subject to hydrolysis) is 1. The van der Waals surface area contributed by atoms with Crippen molar-refractivity contribution in [2.75, 3.05) is 39.8 Å². The first-order valence-corrected chi connectivity index (χ1v) is 11.2. The van der Waals surface area contributed by atoms with Gasteiger partial charge in [0.2, 0.25) is 5.89 Å². The Hall–Kier alpha value is -2.29. The van der Waals surface area contributed by atoms with Gasteiger partial charge in [-0.1, -0.05) is 0 Å². The summed E-state index contributed by atoms with van der Waals surface area (Å²) in [4.78, 5) is 22.8. The Labute approximate surface area is 186 Å². The van der Waals surface area contributed by atoms with E-state index in [1.165, 1.54) is 0 Å². The first-order valence-electron chi connectivity index (χ1n) is 11.2. The van der Waals surface area contributed by atoms with Crippen molar-refractivity contribution in [1.82, 2.24) is 25.8 Å². The highest BCUT2D eigenvalue weighted by atomic mass is 16.6. The summed E-state index contributed by atoms with van der Waals surface area (Å²) < 4.78 is 10.9. The van der Waals surface area contributed by atoms with Crippen molar-refractivity contribution in [2.45, 2.75) is 66.0 Å². The lowest BCUT2D eigenvalue weighted by Crippen LogP contribution is -2.43. The molecule has 0 atom stereocenters. The second kappa shape index (κ2) is 11.9. The van der Waals surface area contributed by atoms with Crippen LogP contribution in [-0.4, -0.2) is 67.3 Å². The standard InChI is InChI=1S/C22H40N6O3/c1-16-17(2)30-19(27-16)15-28-12-8-18(9-13-28)14-26-20(23-6)24-10-7-11-25-21(29)31-22(3,4)5/h18H,7-15H2,1-6H3,(H,25,29)(H2,23,24,26). The van der Waals surface area contributed by atoms with E-state index in [4.69, 9.17) is 9.15 Å². The van der Waals surface area contributed by atoms with E-state index in [-0.39, 0.29) is 6.09 Å². The molecule has 0 bridgehead atoms. The van der Waals surface area contributed by atoms with Gasteiger partial charge in [-0.2, -0.15) is 0 Å². The van der Waals surface area contributed by atoms with E-state index in [9.17, 15) is 4.79 Å². The van der Waals surface area contributed by atoms with Gasteiger partial charge < -0.3 is 25.1 Å². The van der Waals surface area contributed by atoms with Crippen LogP contribution < -0.4 is 16.0 Å². The number of guanidine groups is 1. The van der Waals surface area contributed by atoms with Gasteiger partial charge in [0.25, 0.3) is 0 Å². The molecule has 0 saturated carbocycles. The molecule has 1 aromatic heterocycles. The minimum absolute atomic E-state index is 0.380. The van der Waals surface area contributed by atoms with Crippen LogP contribution in [0.2, 0.25) is 0 Å². The van der Waals surface area contributed by atoms with Gasteiger partial charge in [0.05, 0.1) is 12.2 Å². The second-order valence-electron chi connectivity index (χ2n) is 9.13. The van der Waals surface area contributed by atoms with Crippen LogP contribution in [0.5, 0.6) is 0 Å². The lowest BCUT2D eigenvalue weighted by atomic mass is 9.97. The Balaban J connectivity index is 1.57. The molecule has 0 radical (unpaired) electrons. The van der Waals surface area contributed by atoms with Crippen LogP contribution in [0.4, 0.5) is 4.79 Å². The van der Waals surface area contributed by atoms with Crippen LogP contribution in [0, 0.1) is 19.8 Å². The summed E-state index contributed by atoms with van der Waals surface area (Å²) in [6.45, 7) is 14.6. The number of carbonyl (C=O) groups is 1. The maximum Gasteiger partial charge on any atom is 0.407 e. The molecule has 1 saturated heterocycles. The first kappa shape index (κ1) is 25.0. The van der Waals surface area contributed by atoms with Crippen LogP contribution in [0.25, 0.3) is 0 Å². The molecule has 0 spiro atoms. The quantitative estimate of drug-likeness (QED) is 0.327. The lowest BCUT2D eigenvalue weighted by Gasteiger charge is -2.31. The van der Waals surface area contributed by atoms with E-state index in [0.717, 1.165) is 75.3 Å². The normalized spacial score (nSPS) is 16.3. The molecule has 0 aliphatic carbocycles. The Kier molecular flexibility index (Phi) is 9.61. The minimum Gasteiger partial charge on any atom is -0.444 e. The number of likely N-dealkylation sites (tertiary alicyclic amines) is 1. The Morgan fingerprint density at radius 2 is 1.87 bits per heavy atom. The van der Waals surface area contributed by atoms with E-state index in [0.29, 0.717) is 12.5 Å². The van der Waals surface area contributed by atoms with Crippen molar-refractivity contribution in [3.8, 4) is 0 Å². The Morgan fingerprint density at radius 1 is 1.19 bits per heavy atom. The molecule has 176 valence electrons. The second-order valence-corrected chi connectivity index (χ2v) is 9.13. The van der Waals surface area contributed by atoms with Crippen molar-refractivity contribution < 1.29 is 13.9 Å². The molecular formula is C22H40N6O3. The van der Waals surface area contributed by atoms with Gasteiger partial charge in [-0.3, -0.25) is 9.89 Å². The van der Waals surface area contributed by atoms with E-state index in [1.807, 2.05) is 34.6 Å². The van der Waals surface area contributed by atoms with E-state index in [1.54, 1.807) is 7.05 Å². The molecule has 2 rings (SSSR count). The maximum atomic E-state index is 11.6. The minimum atomic E-state index is -0.474. The number of hydrogen-bond donors (Lipinski definition) is 3. The predicted octanol–water partition coefficient (Wildman–Crippen LogP) is 2.58. The van der Waals surface area contributed by atoms with Crippen LogP contribution in [-0.2, 0) is 11.3 Å². The van der Waals surface area contributed by atoms with E-state index in [2.05, 4.69) is 30.8 Å².